The Hall–Kier alpha value is -3.44. The number of ether oxygens (including phenoxy) is 1. The van der Waals surface area contributed by atoms with Crippen LogP contribution in [0.15, 0.2) is 71.6 Å². The zero-order valence-corrected chi connectivity index (χ0v) is 23.4. The van der Waals surface area contributed by atoms with Crippen LogP contribution in [0.2, 0.25) is 0 Å². The molecule has 0 aliphatic rings. The van der Waals surface area contributed by atoms with Crippen molar-refractivity contribution >= 4 is 50.9 Å². The molecule has 1 aromatic heterocycles. The number of rotatable bonds is 11. The third-order valence-corrected chi connectivity index (χ3v) is 7.42. The van der Waals surface area contributed by atoms with Gasteiger partial charge in [-0.05, 0) is 66.4 Å². The maximum atomic E-state index is 11.9. The van der Waals surface area contributed by atoms with Crippen molar-refractivity contribution in [2.24, 2.45) is 11.5 Å². The number of nitrogens with zero attached hydrogens (tertiary/aromatic N) is 1. The quantitative estimate of drug-likeness (QED) is 0.0946. The molecule has 7 N–H and O–H groups in total. The van der Waals surface area contributed by atoms with Gasteiger partial charge in [0.2, 0.25) is 5.91 Å². The van der Waals surface area contributed by atoms with Crippen molar-refractivity contribution in [2.45, 2.75) is 37.6 Å². The molecule has 1 amide bonds. The summed E-state index contributed by atoms with van der Waals surface area (Å²) in [5.41, 5.74) is 14.5. The highest BCUT2D eigenvalue weighted by atomic mass is 32.2. The summed E-state index contributed by atoms with van der Waals surface area (Å²) in [4.78, 5) is 17.8. The third kappa shape index (κ3) is 8.03. The smallest absolute Gasteiger partial charge is 0.225 e. The van der Waals surface area contributed by atoms with Gasteiger partial charge in [-0.25, -0.2) is 9.71 Å². The van der Waals surface area contributed by atoms with Gasteiger partial charge in [0.1, 0.15) is 16.6 Å². The number of amidine groups is 1. The van der Waals surface area contributed by atoms with Gasteiger partial charge in [0, 0.05) is 29.1 Å². The van der Waals surface area contributed by atoms with Gasteiger partial charge in [-0.1, -0.05) is 38.1 Å². The molecule has 0 radical (unpaired) electrons. The number of anilines is 1. The molecule has 8 nitrogen and oxygen atoms in total. The number of nitrogens with one attached hydrogen (secondary N) is 3. The first-order valence-electron chi connectivity index (χ1n) is 12.4. The van der Waals surface area contributed by atoms with E-state index in [9.17, 15) is 4.79 Å². The summed E-state index contributed by atoms with van der Waals surface area (Å²) in [6.45, 7) is 4.31. The molecule has 0 saturated heterocycles. The number of hydrogen-bond acceptors (Lipinski definition) is 8. The largest absolute Gasteiger partial charge is 0.497 e. The van der Waals surface area contributed by atoms with Crippen molar-refractivity contribution < 1.29 is 9.53 Å². The Labute approximate surface area is 231 Å². The predicted octanol–water partition coefficient (Wildman–Crippen LogP) is 5.48. The monoisotopic (exact) mass is 550 g/mol. The summed E-state index contributed by atoms with van der Waals surface area (Å²) in [6, 6.07) is 21.1. The summed E-state index contributed by atoms with van der Waals surface area (Å²) in [6.07, 6.45) is 0.928. The van der Waals surface area contributed by atoms with Crippen molar-refractivity contribution in [1.29, 1.82) is 5.41 Å². The normalized spacial score (nSPS) is 11.4. The second kappa shape index (κ2) is 14.5. The van der Waals surface area contributed by atoms with Crippen LogP contribution in [0.5, 0.6) is 5.75 Å². The lowest BCUT2D eigenvalue weighted by Crippen LogP contribution is -2.18. The molecule has 4 rings (SSSR count). The van der Waals surface area contributed by atoms with Gasteiger partial charge < -0.3 is 21.5 Å². The van der Waals surface area contributed by atoms with E-state index >= 15 is 0 Å². The van der Waals surface area contributed by atoms with Crippen LogP contribution in [0.1, 0.15) is 42.4 Å². The summed E-state index contributed by atoms with van der Waals surface area (Å²) < 4.78 is 9.98. The van der Waals surface area contributed by atoms with Crippen LogP contribution in [-0.2, 0) is 11.2 Å². The summed E-state index contributed by atoms with van der Waals surface area (Å²) in [5, 5.41) is 11.6. The minimum absolute atomic E-state index is 0.0383. The van der Waals surface area contributed by atoms with Crippen LogP contribution in [0.3, 0.4) is 0 Å². The van der Waals surface area contributed by atoms with E-state index in [1.165, 1.54) is 11.9 Å². The molecule has 1 atom stereocenters. The minimum Gasteiger partial charge on any atom is -0.497 e. The molecule has 3 aromatic carbocycles. The fraction of sp³-hybridized carbons (Fsp3) is 0.250. The maximum Gasteiger partial charge on any atom is 0.225 e. The van der Waals surface area contributed by atoms with E-state index in [-0.39, 0.29) is 24.2 Å². The number of nitrogens with two attached hydrogens (primary N) is 2. The van der Waals surface area contributed by atoms with Crippen LogP contribution >= 0.6 is 23.3 Å². The number of thiazole rings is 1. The van der Waals surface area contributed by atoms with Crippen LogP contribution in [0.4, 0.5) is 5.69 Å². The van der Waals surface area contributed by atoms with Gasteiger partial charge in [-0.2, -0.15) is 0 Å². The lowest BCUT2D eigenvalue weighted by atomic mass is 10.0. The molecule has 0 aliphatic carbocycles. The molecule has 0 fully saturated rings. The molecular formula is C28H34N6O2S2. The molecule has 0 aliphatic heterocycles. The van der Waals surface area contributed by atoms with Gasteiger partial charge in [-0.3, -0.25) is 10.2 Å². The van der Waals surface area contributed by atoms with Crippen molar-refractivity contribution in [2.75, 3.05) is 19.0 Å². The van der Waals surface area contributed by atoms with E-state index in [1.807, 2.05) is 80.6 Å². The number of methoxy groups -OCH3 is 1. The second-order valence-corrected chi connectivity index (χ2v) is 10.1. The molecule has 0 saturated carbocycles. The molecule has 10 heteroatoms. The molecular weight excluding hydrogens is 516 g/mol. The van der Waals surface area contributed by atoms with Gasteiger partial charge in [0.25, 0.3) is 0 Å². The average molecular weight is 551 g/mol. The first-order valence-corrected chi connectivity index (χ1v) is 14.0. The topological polar surface area (TPSA) is 139 Å². The number of aromatic nitrogens is 1. The zero-order valence-electron chi connectivity index (χ0n) is 21.8. The van der Waals surface area contributed by atoms with Crippen molar-refractivity contribution in [3.8, 4) is 5.75 Å². The Kier molecular flexibility index (Phi) is 11.1. The standard InChI is InChI=1S/C26H28N6O2S2.C2H6/c1-34-19-8-9-21-23(15-19)35-26(31-21)22(13-16-4-2-5-17(12-16)25(28)29)32-36-20-7-3-6-18(14-20)30-24(33)10-11-27;1-2/h2-9,12,14-15,22,32H,10-11,13,27H2,1H3,(H3,28,29)(H,30,33);1-2H3. The molecule has 1 unspecified atom stereocenters. The first-order chi connectivity index (χ1) is 18.4. The molecule has 200 valence electrons. The molecule has 1 heterocycles. The molecule has 0 bridgehead atoms. The number of amides is 1. The highest BCUT2D eigenvalue weighted by Gasteiger charge is 2.19. The summed E-state index contributed by atoms with van der Waals surface area (Å²) in [7, 11) is 1.65. The Morgan fingerprint density at radius 2 is 1.92 bits per heavy atom. The highest BCUT2D eigenvalue weighted by Crippen LogP contribution is 2.33. The van der Waals surface area contributed by atoms with E-state index in [0.717, 1.165) is 37.1 Å². The van der Waals surface area contributed by atoms with E-state index < -0.39 is 0 Å². The fourth-order valence-corrected chi connectivity index (χ4v) is 5.54. The SMILES string of the molecule is CC.COc1ccc2nc(C(Cc3cccc(C(=N)N)c3)NSc3cccc(NC(=O)CCN)c3)sc2c1. The Balaban J connectivity index is 0.00000195. The van der Waals surface area contributed by atoms with Gasteiger partial charge >= 0.3 is 0 Å². The van der Waals surface area contributed by atoms with Crippen molar-refractivity contribution in [3.63, 3.8) is 0 Å². The summed E-state index contributed by atoms with van der Waals surface area (Å²) >= 11 is 3.09. The molecule has 4 aromatic rings. The first kappa shape index (κ1) is 29.1. The number of benzene rings is 3. The van der Waals surface area contributed by atoms with Crippen molar-refractivity contribution in [3.05, 3.63) is 82.9 Å². The van der Waals surface area contributed by atoms with Gasteiger partial charge in [0.05, 0.1) is 23.4 Å². The van der Waals surface area contributed by atoms with Crippen LogP contribution < -0.4 is 26.2 Å². The average Bonchev–Trinajstić information content (AvgIpc) is 3.36. The number of carbonyl (C=O) groups is 1. The van der Waals surface area contributed by atoms with E-state index in [1.54, 1.807) is 18.4 Å². The number of nitrogen functional groups attached to an aromatic ring is 1. The van der Waals surface area contributed by atoms with Crippen LogP contribution in [0, 0.1) is 5.41 Å². The Morgan fingerprint density at radius 1 is 1.13 bits per heavy atom. The van der Waals surface area contributed by atoms with Gasteiger partial charge in [-0.15, -0.1) is 11.3 Å². The Morgan fingerprint density at radius 3 is 2.66 bits per heavy atom. The predicted molar refractivity (Wildman–Crippen MR) is 159 cm³/mol. The lowest BCUT2D eigenvalue weighted by molar-refractivity contribution is -0.116. The zero-order chi connectivity index (χ0) is 27.5. The number of hydrogen-bond donors (Lipinski definition) is 5. The van der Waals surface area contributed by atoms with Crippen LogP contribution in [0.25, 0.3) is 10.2 Å². The van der Waals surface area contributed by atoms with Crippen LogP contribution in [-0.4, -0.2) is 30.4 Å². The summed E-state index contributed by atoms with van der Waals surface area (Å²) in [5.74, 6) is 0.719. The van der Waals surface area contributed by atoms with Gasteiger partial charge in [0.15, 0.2) is 0 Å². The molecule has 38 heavy (non-hydrogen) atoms. The fourth-order valence-electron chi connectivity index (χ4n) is 3.61. The Bertz CT molecular complexity index is 1370. The second-order valence-electron chi connectivity index (χ2n) is 8.09. The molecule has 0 spiro atoms. The third-order valence-electron chi connectivity index (χ3n) is 5.40. The minimum atomic E-state index is -0.115. The van der Waals surface area contributed by atoms with E-state index in [2.05, 4.69) is 10.0 Å². The maximum absolute atomic E-state index is 11.9. The number of carbonyl (C=O) groups excluding carboxylic acids is 1. The number of fused-ring (bicyclic) bond motifs is 1. The highest BCUT2D eigenvalue weighted by molar-refractivity contribution is 7.97. The van der Waals surface area contributed by atoms with Crippen molar-refractivity contribution in [1.82, 2.24) is 9.71 Å². The van der Waals surface area contributed by atoms with E-state index in [4.69, 9.17) is 26.6 Å². The van der Waals surface area contributed by atoms with E-state index in [0.29, 0.717) is 18.5 Å². The lowest BCUT2D eigenvalue weighted by Gasteiger charge is -2.17.